The summed E-state index contributed by atoms with van der Waals surface area (Å²) in [6, 6.07) is 0. The van der Waals surface area contributed by atoms with E-state index in [2.05, 4.69) is 31.0 Å². The predicted octanol–water partition coefficient (Wildman–Crippen LogP) is 3.56. The van der Waals surface area contributed by atoms with Gasteiger partial charge in [-0.25, -0.2) is 0 Å². The Morgan fingerprint density at radius 3 is 2.44 bits per heavy atom. The van der Waals surface area contributed by atoms with Crippen molar-refractivity contribution in [2.75, 3.05) is 19.6 Å². The van der Waals surface area contributed by atoms with Crippen LogP contribution in [-0.2, 0) is 0 Å². The van der Waals surface area contributed by atoms with Gasteiger partial charge in [0.25, 0.3) is 0 Å². The molecule has 0 amide bonds. The van der Waals surface area contributed by atoms with Crippen LogP contribution in [0.15, 0.2) is 0 Å². The molecule has 2 fully saturated rings. The molecule has 1 spiro atoms. The molecule has 0 radical (unpaired) electrons. The molecular weight excluding hydrogens is 220 g/mol. The molecule has 18 heavy (non-hydrogen) atoms. The van der Waals surface area contributed by atoms with Crippen LogP contribution in [0.5, 0.6) is 0 Å². The number of piperazine rings is 1. The van der Waals surface area contributed by atoms with Crippen LogP contribution in [0.3, 0.4) is 0 Å². The lowest BCUT2D eigenvalue weighted by atomic mass is 9.77. The van der Waals surface area contributed by atoms with E-state index in [1.54, 1.807) is 0 Å². The van der Waals surface area contributed by atoms with Crippen molar-refractivity contribution in [2.45, 2.75) is 83.2 Å². The van der Waals surface area contributed by atoms with Crippen LogP contribution in [-0.4, -0.2) is 35.6 Å². The summed E-state index contributed by atoms with van der Waals surface area (Å²) in [7, 11) is 0. The first kappa shape index (κ1) is 14.3. The summed E-state index contributed by atoms with van der Waals surface area (Å²) in [6.45, 7) is 10.8. The molecule has 0 bridgehead atoms. The summed E-state index contributed by atoms with van der Waals surface area (Å²) in [6.07, 6.45) is 11.3. The van der Waals surface area contributed by atoms with Crippen molar-refractivity contribution in [3.63, 3.8) is 0 Å². The van der Waals surface area contributed by atoms with Crippen molar-refractivity contribution in [3.05, 3.63) is 0 Å². The summed E-state index contributed by atoms with van der Waals surface area (Å²) < 4.78 is 0. The highest BCUT2D eigenvalue weighted by Crippen LogP contribution is 2.37. The molecule has 1 heterocycles. The maximum Gasteiger partial charge on any atom is 0.0334 e. The molecule has 1 saturated carbocycles. The Kier molecular flexibility index (Phi) is 4.71. The van der Waals surface area contributed by atoms with Gasteiger partial charge in [0.2, 0.25) is 0 Å². The van der Waals surface area contributed by atoms with E-state index in [1.165, 1.54) is 71.0 Å². The van der Waals surface area contributed by atoms with Crippen LogP contribution >= 0.6 is 0 Å². The van der Waals surface area contributed by atoms with Crippen LogP contribution in [0.25, 0.3) is 0 Å². The third kappa shape index (κ3) is 3.27. The molecule has 1 aliphatic heterocycles. The Labute approximate surface area is 114 Å². The first-order chi connectivity index (χ1) is 8.58. The van der Waals surface area contributed by atoms with Gasteiger partial charge >= 0.3 is 0 Å². The Bertz CT molecular complexity index is 254. The van der Waals surface area contributed by atoms with Gasteiger partial charge in [-0.05, 0) is 39.7 Å². The molecule has 0 aromatic heterocycles. The predicted molar refractivity (Wildman–Crippen MR) is 79.0 cm³/mol. The Hall–Kier alpha value is -0.0800. The normalized spacial score (nSPS) is 27.5. The minimum Gasteiger partial charge on any atom is -0.309 e. The minimum absolute atomic E-state index is 0.301. The fourth-order valence-electron chi connectivity index (χ4n) is 3.79. The average Bonchev–Trinajstić information content (AvgIpc) is 2.36. The van der Waals surface area contributed by atoms with E-state index < -0.39 is 0 Å². The van der Waals surface area contributed by atoms with Gasteiger partial charge in [-0.2, -0.15) is 0 Å². The second kappa shape index (κ2) is 5.92. The van der Waals surface area contributed by atoms with E-state index in [0.29, 0.717) is 11.1 Å². The van der Waals surface area contributed by atoms with Crippen molar-refractivity contribution < 1.29 is 0 Å². The molecule has 0 aromatic carbocycles. The van der Waals surface area contributed by atoms with Crippen molar-refractivity contribution in [1.82, 2.24) is 10.2 Å². The average molecular weight is 252 g/mol. The smallest absolute Gasteiger partial charge is 0.0334 e. The van der Waals surface area contributed by atoms with Gasteiger partial charge in [0, 0.05) is 24.2 Å². The molecule has 2 rings (SSSR count). The highest BCUT2D eigenvalue weighted by molar-refractivity contribution is 5.03. The van der Waals surface area contributed by atoms with Gasteiger partial charge < -0.3 is 5.32 Å². The number of nitrogens with zero attached hydrogens (tertiary/aromatic N) is 1. The first-order valence-electron chi connectivity index (χ1n) is 8.08. The second-order valence-corrected chi connectivity index (χ2v) is 7.15. The topological polar surface area (TPSA) is 15.3 Å². The maximum atomic E-state index is 3.80. The highest BCUT2D eigenvalue weighted by atomic mass is 15.3. The molecule has 2 aliphatic rings. The molecule has 0 unspecified atom stereocenters. The number of unbranched alkanes of at least 4 members (excludes halogenated alkanes) is 2. The minimum atomic E-state index is 0.301. The summed E-state index contributed by atoms with van der Waals surface area (Å²) in [5, 5.41) is 3.80. The lowest BCUT2D eigenvalue weighted by Crippen LogP contribution is -2.68. The van der Waals surface area contributed by atoms with Gasteiger partial charge in [-0.3, -0.25) is 4.90 Å². The molecule has 106 valence electrons. The Balaban J connectivity index is 2.01. The van der Waals surface area contributed by atoms with Gasteiger partial charge in [-0.15, -0.1) is 0 Å². The quantitative estimate of drug-likeness (QED) is 0.770. The molecule has 1 N–H and O–H groups in total. The Morgan fingerprint density at radius 2 is 1.78 bits per heavy atom. The zero-order valence-corrected chi connectivity index (χ0v) is 12.7. The fourth-order valence-corrected chi connectivity index (χ4v) is 3.79. The van der Waals surface area contributed by atoms with Crippen molar-refractivity contribution in [3.8, 4) is 0 Å². The molecule has 1 saturated heterocycles. The summed E-state index contributed by atoms with van der Waals surface area (Å²) in [5.74, 6) is 0. The lowest BCUT2D eigenvalue weighted by molar-refractivity contribution is -0.0108. The zero-order chi connectivity index (χ0) is 13.1. The third-order valence-electron chi connectivity index (χ3n) is 4.97. The van der Waals surface area contributed by atoms with Crippen LogP contribution in [0, 0.1) is 0 Å². The van der Waals surface area contributed by atoms with Crippen molar-refractivity contribution in [2.24, 2.45) is 0 Å². The lowest BCUT2D eigenvalue weighted by Gasteiger charge is -2.54. The summed E-state index contributed by atoms with van der Waals surface area (Å²) in [4.78, 5) is 2.85. The van der Waals surface area contributed by atoms with Crippen LogP contribution in [0.4, 0.5) is 0 Å². The van der Waals surface area contributed by atoms with E-state index in [-0.39, 0.29) is 0 Å². The van der Waals surface area contributed by atoms with E-state index in [9.17, 15) is 0 Å². The Morgan fingerprint density at radius 1 is 1.06 bits per heavy atom. The summed E-state index contributed by atoms with van der Waals surface area (Å²) in [5.41, 5.74) is 0.802. The van der Waals surface area contributed by atoms with Crippen LogP contribution < -0.4 is 5.32 Å². The van der Waals surface area contributed by atoms with Crippen LogP contribution in [0.1, 0.15) is 72.1 Å². The number of hydrogen-bond donors (Lipinski definition) is 1. The first-order valence-corrected chi connectivity index (χ1v) is 8.08. The highest BCUT2D eigenvalue weighted by Gasteiger charge is 2.43. The second-order valence-electron chi connectivity index (χ2n) is 7.15. The number of hydrogen-bond acceptors (Lipinski definition) is 2. The van der Waals surface area contributed by atoms with Gasteiger partial charge in [-0.1, -0.05) is 39.0 Å². The largest absolute Gasteiger partial charge is 0.309 e. The third-order valence-corrected chi connectivity index (χ3v) is 4.97. The standard InChI is InChI=1S/C16H32N2/c1-4-5-9-12-18-14-15(2,3)17-13-16(18)10-7-6-8-11-16/h17H,4-14H2,1-3H3. The van der Waals surface area contributed by atoms with Gasteiger partial charge in [0.05, 0.1) is 0 Å². The van der Waals surface area contributed by atoms with Crippen molar-refractivity contribution >= 4 is 0 Å². The van der Waals surface area contributed by atoms with E-state index in [1.807, 2.05) is 0 Å². The maximum absolute atomic E-state index is 3.80. The van der Waals surface area contributed by atoms with Gasteiger partial charge in [0.15, 0.2) is 0 Å². The molecular formula is C16H32N2. The molecule has 2 heteroatoms. The molecule has 0 atom stereocenters. The number of rotatable bonds is 4. The number of nitrogens with one attached hydrogen (secondary N) is 1. The molecule has 1 aliphatic carbocycles. The van der Waals surface area contributed by atoms with Crippen molar-refractivity contribution in [1.29, 1.82) is 0 Å². The monoisotopic (exact) mass is 252 g/mol. The fraction of sp³-hybridized carbons (Fsp3) is 1.00. The molecule has 0 aromatic rings. The van der Waals surface area contributed by atoms with Gasteiger partial charge in [0.1, 0.15) is 0 Å². The van der Waals surface area contributed by atoms with E-state index >= 15 is 0 Å². The van der Waals surface area contributed by atoms with E-state index in [0.717, 1.165) is 0 Å². The van der Waals surface area contributed by atoms with Crippen LogP contribution in [0.2, 0.25) is 0 Å². The zero-order valence-electron chi connectivity index (χ0n) is 12.7. The SMILES string of the molecule is CCCCCN1CC(C)(C)NCC12CCCCC2. The summed E-state index contributed by atoms with van der Waals surface area (Å²) >= 11 is 0. The molecule has 2 nitrogen and oxygen atoms in total. The van der Waals surface area contributed by atoms with E-state index in [4.69, 9.17) is 0 Å².